The van der Waals surface area contributed by atoms with Gasteiger partial charge < -0.3 is 19.7 Å². The van der Waals surface area contributed by atoms with E-state index in [2.05, 4.69) is 5.32 Å². The van der Waals surface area contributed by atoms with Crippen LogP contribution in [-0.4, -0.2) is 48.2 Å². The maximum atomic E-state index is 12.0. The number of likely N-dealkylation sites (N-methyl/N-ethyl adjacent to an activating group) is 1. The van der Waals surface area contributed by atoms with E-state index in [-0.39, 0.29) is 17.2 Å². The van der Waals surface area contributed by atoms with Gasteiger partial charge in [-0.15, -0.1) is 0 Å². The van der Waals surface area contributed by atoms with Gasteiger partial charge in [-0.05, 0) is 17.7 Å². The molecule has 2 atom stereocenters. The van der Waals surface area contributed by atoms with E-state index in [0.717, 1.165) is 0 Å². The molecule has 2 N–H and O–H groups in total. The van der Waals surface area contributed by atoms with Crippen molar-refractivity contribution in [2.45, 2.75) is 12.1 Å². The SMILES string of the molecule is CN(C(=O)c1ccoc1Cl)[C@H]1CNC[C@@H]1O. The molecule has 16 heavy (non-hydrogen) atoms. The van der Waals surface area contributed by atoms with Crippen LogP contribution in [0.2, 0.25) is 5.22 Å². The highest BCUT2D eigenvalue weighted by Gasteiger charge is 2.32. The third kappa shape index (κ3) is 1.93. The minimum Gasteiger partial charge on any atom is -0.452 e. The molecule has 88 valence electrons. The minimum absolute atomic E-state index is 0.0808. The van der Waals surface area contributed by atoms with E-state index in [0.29, 0.717) is 18.7 Å². The van der Waals surface area contributed by atoms with Crippen LogP contribution in [0.4, 0.5) is 0 Å². The van der Waals surface area contributed by atoms with Crippen LogP contribution in [0.15, 0.2) is 16.7 Å². The summed E-state index contributed by atoms with van der Waals surface area (Å²) in [5, 5.41) is 12.8. The zero-order valence-corrected chi connectivity index (χ0v) is 9.57. The number of carbonyl (C=O) groups excluding carboxylic acids is 1. The summed E-state index contributed by atoms with van der Waals surface area (Å²) in [7, 11) is 1.65. The molecule has 6 heteroatoms. The normalized spacial score (nSPS) is 24.7. The second-order valence-corrected chi connectivity index (χ2v) is 4.16. The van der Waals surface area contributed by atoms with Gasteiger partial charge in [-0.1, -0.05) is 0 Å². The third-order valence-electron chi connectivity index (χ3n) is 2.82. The number of aliphatic hydroxyl groups is 1. The van der Waals surface area contributed by atoms with Crippen molar-refractivity contribution in [3.8, 4) is 0 Å². The lowest BCUT2D eigenvalue weighted by molar-refractivity contribution is 0.0580. The lowest BCUT2D eigenvalue weighted by Gasteiger charge is -2.25. The number of halogens is 1. The fourth-order valence-electron chi connectivity index (χ4n) is 1.83. The number of aliphatic hydroxyl groups excluding tert-OH is 1. The van der Waals surface area contributed by atoms with Crippen LogP contribution in [0.25, 0.3) is 0 Å². The maximum absolute atomic E-state index is 12.0. The molecule has 0 spiro atoms. The van der Waals surface area contributed by atoms with Crippen LogP contribution in [0.3, 0.4) is 0 Å². The monoisotopic (exact) mass is 244 g/mol. The fraction of sp³-hybridized carbons (Fsp3) is 0.500. The van der Waals surface area contributed by atoms with Gasteiger partial charge in [0.2, 0.25) is 5.22 Å². The minimum atomic E-state index is -0.542. The van der Waals surface area contributed by atoms with Gasteiger partial charge >= 0.3 is 0 Å². The van der Waals surface area contributed by atoms with E-state index in [1.54, 1.807) is 7.05 Å². The lowest BCUT2D eigenvalue weighted by atomic mass is 10.1. The molecule has 0 aliphatic carbocycles. The fourth-order valence-corrected chi connectivity index (χ4v) is 2.03. The molecule has 1 aromatic rings. The second kappa shape index (κ2) is 4.45. The summed E-state index contributed by atoms with van der Waals surface area (Å²) in [6.07, 6.45) is 0.826. The number of nitrogens with zero attached hydrogens (tertiary/aromatic N) is 1. The van der Waals surface area contributed by atoms with Gasteiger partial charge in [0.1, 0.15) is 0 Å². The Morgan fingerprint density at radius 3 is 2.94 bits per heavy atom. The molecule has 0 radical (unpaired) electrons. The van der Waals surface area contributed by atoms with Crippen molar-refractivity contribution < 1.29 is 14.3 Å². The molecule has 1 saturated heterocycles. The maximum Gasteiger partial charge on any atom is 0.258 e. The largest absolute Gasteiger partial charge is 0.452 e. The van der Waals surface area contributed by atoms with Crippen molar-refractivity contribution in [2.24, 2.45) is 0 Å². The van der Waals surface area contributed by atoms with E-state index in [4.69, 9.17) is 16.0 Å². The molecular weight excluding hydrogens is 232 g/mol. The number of amides is 1. The number of furan rings is 1. The molecule has 1 aliphatic rings. The average Bonchev–Trinajstić information content (AvgIpc) is 2.85. The number of rotatable bonds is 2. The zero-order chi connectivity index (χ0) is 11.7. The Balaban J connectivity index is 2.13. The summed E-state index contributed by atoms with van der Waals surface area (Å²) >= 11 is 5.73. The molecule has 0 saturated carbocycles. The summed E-state index contributed by atoms with van der Waals surface area (Å²) < 4.78 is 4.87. The first-order valence-electron chi connectivity index (χ1n) is 5.00. The molecule has 0 aromatic carbocycles. The first-order chi connectivity index (χ1) is 7.61. The standard InChI is InChI=1S/C10H13ClN2O3/c1-13(7-4-12-5-8(7)14)10(15)6-2-3-16-9(6)11/h2-3,7-8,12,14H,4-5H2,1H3/t7-,8-/m0/s1. The number of β-amino-alcohol motifs (C(OH)–C–C–N with tert-alkyl or cyclic N) is 1. The number of nitrogens with one attached hydrogen (secondary N) is 1. The van der Waals surface area contributed by atoms with Crippen molar-refractivity contribution in [1.29, 1.82) is 0 Å². The van der Waals surface area contributed by atoms with Crippen molar-refractivity contribution >= 4 is 17.5 Å². The molecule has 1 fully saturated rings. The molecule has 1 aliphatic heterocycles. The second-order valence-electron chi connectivity index (χ2n) is 3.82. The van der Waals surface area contributed by atoms with Crippen molar-refractivity contribution in [3.05, 3.63) is 23.1 Å². The molecule has 1 aromatic heterocycles. The van der Waals surface area contributed by atoms with Gasteiger partial charge in [0.25, 0.3) is 5.91 Å². The topological polar surface area (TPSA) is 65.7 Å². The summed E-state index contributed by atoms with van der Waals surface area (Å²) in [5.41, 5.74) is 0.322. The highest BCUT2D eigenvalue weighted by molar-refractivity contribution is 6.32. The first-order valence-corrected chi connectivity index (χ1v) is 5.38. The molecule has 2 rings (SSSR count). The Kier molecular flexibility index (Phi) is 3.18. The van der Waals surface area contributed by atoms with Gasteiger partial charge in [0, 0.05) is 20.1 Å². The lowest BCUT2D eigenvalue weighted by Crippen LogP contribution is -2.44. The Morgan fingerprint density at radius 2 is 2.44 bits per heavy atom. The predicted molar refractivity (Wildman–Crippen MR) is 58.5 cm³/mol. The summed E-state index contributed by atoms with van der Waals surface area (Å²) in [4.78, 5) is 13.5. The highest BCUT2D eigenvalue weighted by atomic mass is 35.5. The van der Waals surface area contributed by atoms with E-state index in [1.165, 1.54) is 17.2 Å². The van der Waals surface area contributed by atoms with Crippen LogP contribution >= 0.6 is 11.6 Å². The third-order valence-corrected chi connectivity index (χ3v) is 3.11. The Bertz CT molecular complexity index is 393. The molecule has 0 bridgehead atoms. The van der Waals surface area contributed by atoms with Crippen LogP contribution in [0.5, 0.6) is 0 Å². The molecule has 5 nitrogen and oxygen atoms in total. The van der Waals surface area contributed by atoms with E-state index >= 15 is 0 Å². The Hall–Kier alpha value is -1.04. The van der Waals surface area contributed by atoms with E-state index in [1.807, 2.05) is 0 Å². The van der Waals surface area contributed by atoms with E-state index in [9.17, 15) is 9.90 Å². The molecule has 2 heterocycles. The molecule has 0 unspecified atom stereocenters. The smallest absolute Gasteiger partial charge is 0.258 e. The van der Waals surface area contributed by atoms with Gasteiger partial charge in [0.05, 0.1) is 24.0 Å². The average molecular weight is 245 g/mol. The molecular formula is C10H13ClN2O3. The Labute approximate surface area is 98.0 Å². The number of carbonyl (C=O) groups is 1. The van der Waals surface area contributed by atoms with Crippen molar-refractivity contribution in [2.75, 3.05) is 20.1 Å². The quantitative estimate of drug-likeness (QED) is 0.787. The predicted octanol–water partition coefficient (Wildman–Crippen LogP) is 0.338. The van der Waals surface area contributed by atoms with Crippen molar-refractivity contribution in [1.82, 2.24) is 10.2 Å². The number of hydrogen-bond donors (Lipinski definition) is 2. The Morgan fingerprint density at radius 1 is 1.69 bits per heavy atom. The van der Waals surface area contributed by atoms with Gasteiger partial charge in [-0.25, -0.2) is 0 Å². The van der Waals surface area contributed by atoms with Crippen LogP contribution in [0.1, 0.15) is 10.4 Å². The zero-order valence-electron chi connectivity index (χ0n) is 8.81. The summed E-state index contributed by atoms with van der Waals surface area (Å²) in [5.74, 6) is -0.244. The first kappa shape index (κ1) is 11.4. The van der Waals surface area contributed by atoms with Crippen LogP contribution in [-0.2, 0) is 0 Å². The van der Waals surface area contributed by atoms with Crippen LogP contribution in [0, 0.1) is 0 Å². The highest BCUT2D eigenvalue weighted by Crippen LogP contribution is 2.20. The molecule has 1 amide bonds. The number of hydrogen-bond acceptors (Lipinski definition) is 4. The van der Waals surface area contributed by atoms with Gasteiger partial charge in [-0.2, -0.15) is 0 Å². The van der Waals surface area contributed by atoms with Gasteiger partial charge in [0.15, 0.2) is 0 Å². The van der Waals surface area contributed by atoms with Crippen molar-refractivity contribution in [3.63, 3.8) is 0 Å². The van der Waals surface area contributed by atoms with Crippen LogP contribution < -0.4 is 5.32 Å². The van der Waals surface area contributed by atoms with Gasteiger partial charge in [-0.3, -0.25) is 4.79 Å². The summed E-state index contributed by atoms with van der Waals surface area (Å²) in [6.45, 7) is 1.08. The van der Waals surface area contributed by atoms with E-state index < -0.39 is 6.10 Å². The summed E-state index contributed by atoms with van der Waals surface area (Å²) in [6, 6.07) is 1.30.